The van der Waals surface area contributed by atoms with E-state index in [2.05, 4.69) is 145 Å². The molecule has 440 valence electrons. The molecule has 15 nitrogen and oxygen atoms in total. The van der Waals surface area contributed by atoms with Gasteiger partial charge >= 0.3 is 0 Å². The summed E-state index contributed by atoms with van der Waals surface area (Å²) in [6, 6.07) is 47.3. The predicted octanol–water partition coefficient (Wildman–Crippen LogP) is 12.8. The van der Waals surface area contributed by atoms with Gasteiger partial charge in [-0.05, 0) is 146 Å². The van der Waals surface area contributed by atoms with E-state index in [0.717, 1.165) is 94.3 Å². The van der Waals surface area contributed by atoms with Gasteiger partial charge in [0, 0.05) is 105 Å². The minimum atomic E-state index is 0. The third-order valence-electron chi connectivity index (χ3n) is 14.8. The van der Waals surface area contributed by atoms with Crippen LogP contribution in [0.4, 0.5) is 5.69 Å². The van der Waals surface area contributed by atoms with Gasteiger partial charge in [-0.2, -0.15) is 0 Å². The second-order valence-corrected chi connectivity index (χ2v) is 21.3. The van der Waals surface area contributed by atoms with Crippen molar-refractivity contribution in [1.82, 2.24) is 61.1 Å². The standard InChI is InChI=1S/C9H11N.C8H9N.C8H7N.2C7H10N2.C7H6N2.C7H9NS.C7H6O2.C6H9N3.2CH4/c1-2-4-9-7-10-6-5-8(9)3-1;2*1-2-4-8-7(3-1)5-6-9-8;1-4-9-7-2-3-8-5-6(1)7;1-3-8-5-7-6(1)2-4-9-7;3*1-2-4-7-6(3-1)8-5-9-7;1-2-7-3-6-5(1)8-4-9-6;;/h1-4,10H,5-7H2;1-4,9H,5-6H2;1-6,9H;1,4,8-9H,2-3,5H2;2,4,8-9H,1,3,5H2;1-5H,(H,8,9);5H,1-4H2;1-4H,5H2;4,7H,1-3H2,(H,8,9);2*1H4. The highest BCUT2D eigenvalue weighted by Gasteiger charge is 2.13. The summed E-state index contributed by atoms with van der Waals surface area (Å²) < 4.78 is 10.2. The van der Waals surface area contributed by atoms with Crippen molar-refractivity contribution in [2.24, 2.45) is 0 Å². The molecule has 1 aliphatic carbocycles. The number of H-pyrrole nitrogens is 5. The monoisotopic (exact) mass is 1150 g/mol. The molecule has 12 heterocycles. The van der Waals surface area contributed by atoms with Gasteiger partial charge in [0.15, 0.2) is 11.5 Å². The number of thiazole rings is 1. The van der Waals surface area contributed by atoms with E-state index in [4.69, 9.17) is 9.47 Å². The SMILES string of the molecule is C.C.c1cc2c([nH]1)CCNC2.c1cc2c([nH]1)CNCC2.c1ccc2[nH]ccc2c1.c1ccc2[nH]cnc2c1.c1ccc2c(c1)CCN2.c1ccc2c(c1)CCNC2.c1ccc2c(c1)OCO2.c1nc2c([nH]1)CNCC2.c1nc2c(s1)CCCC2. The second-order valence-electron chi connectivity index (χ2n) is 20.4. The number of hydrogen-bond acceptors (Lipinski definition) is 11. The van der Waals surface area contributed by atoms with Gasteiger partial charge in [-0.3, -0.25) is 0 Å². The normalized spacial score (nSPS) is 14.6. The van der Waals surface area contributed by atoms with Crippen LogP contribution in [0.25, 0.3) is 21.9 Å². The molecule has 0 fully saturated rings. The molecule has 5 aromatic carbocycles. The quantitative estimate of drug-likeness (QED) is 0.0698. The highest BCUT2D eigenvalue weighted by atomic mass is 32.1. The van der Waals surface area contributed by atoms with Gasteiger partial charge < -0.3 is 61.0 Å². The molecule has 0 radical (unpaired) electrons. The number of fused-ring (bicyclic) bond motifs is 9. The molecule has 0 unspecified atom stereocenters. The molecule has 6 aromatic heterocycles. The zero-order valence-corrected chi connectivity index (χ0v) is 47.6. The van der Waals surface area contributed by atoms with Crippen molar-refractivity contribution in [2.45, 2.75) is 98.8 Å². The lowest BCUT2D eigenvalue weighted by atomic mass is 10.0. The number of benzene rings is 5. The molecule has 84 heavy (non-hydrogen) atoms. The van der Waals surface area contributed by atoms with Crippen LogP contribution in [-0.2, 0) is 71.1 Å². The fourth-order valence-corrected chi connectivity index (χ4v) is 11.2. The van der Waals surface area contributed by atoms with E-state index in [-0.39, 0.29) is 14.9 Å². The van der Waals surface area contributed by atoms with Crippen molar-refractivity contribution in [3.8, 4) is 11.5 Å². The summed E-state index contributed by atoms with van der Waals surface area (Å²) in [5.41, 5.74) is 20.6. The summed E-state index contributed by atoms with van der Waals surface area (Å²) in [6.07, 6.45) is 20.4. The highest BCUT2D eigenvalue weighted by Crippen LogP contribution is 2.30. The van der Waals surface area contributed by atoms with Crippen LogP contribution in [0, 0.1) is 0 Å². The van der Waals surface area contributed by atoms with Crippen LogP contribution in [0.2, 0.25) is 0 Å². The lowest BCUT2D eigenvalue weighted by molar-refractivity contribution is 0.174. The first-order valence-electron chi connectivity index (χ1n) is 28.9. The number of anilines is 1. The van der Waals surface area contributed by atoms with Gasteiger partial charge in [-0.25, -0.2) is 15.0 Å². The maximum Gasteiger partial charge on any atom is 0.231 e. The van der Waals surface area contributed by atoms with E-state index in [1.54, 1.807) is 12.7 Å². The van der Waals surface area contributed by atoms with Crippen LogP contribution in [0.3, 0.4) is 0 Å². The van der Waals surface area contributed by atoms with Crippen molar-refractivity contribution >= 4 is 39.0 Å². The van der Waals surface area contributed by atoms with Gasteiger partial charge in [0.1, 0.15) is 0 Å². The molecular weight excluding hydrogens is 1060 g/mol. The van der Waals surface area contributed by atoms with Crippen LogP contribution < -0.4 is 36.1 Å². The Balaban J connectivity index is 0.000000123. The number of aromatic amines is 5. The van der Waals surface area contributed by atoms with E-state index < -0.39 is 0 Å². The molecule has 6 aliphatic heterocycles. The summed E-state index contributed by atoms with van der Waals surface area (Å²) in [5, 5.41) is 17.8. The fourth-order valence-electron chi connectivity index (χ4n) is 10.3. The Morgan fingerprint density at radius 2 is 1.00 bits per heavy atom. The van der Waals surface area contributed by atoms with Crippen molar-refractivity contribution in [3.63, 3.8) is 0 Å². The maximum absolute atomic E-state index is 5.08. The minimum absolute atomic E-state index is 0. The van der Waals surface area contributed by atoms with Crippen molar-refractivity contribution < 1.29 is 9.47 Å². The number of rotatable bonds is 0. The molecule has 18 rings (SSSR count). The van der Waals surface area contributed by atoms with Crippen molar-refractivity contribution in [1.29, 1.82) is 0 Å². The van der Waals surface area contributed by atoms with Gasteiger partial charge in [0.05, 0.1) is 46.3 Å². The molecule has 10 N–H and O–H groups in total. The van der Waals surface area contributed by atoms with Gasteiger partial charge in [-0.1, -0.05) is 99.8 Å². The zero-order chi connectivity index (χ0) is 55.6. The molecule has 16 heteroatoms. The van der Waals surface area contributed by atoms with Gasteiger partial charge in [0.2, 0.25) is 6.79 Å². The zero-order valence-electron chi connectivity index (χ0n) is 46.7. The molecule has 11 aromatic rings. The third-order valence-corrected chi connectivity index (χ3v) is 15.8. The van der Waals surface area contributed by atoms with Gasteiger partial charge in [0.25, 0.3) is 0 Å². The van der Waals surface area contributed by atoms with E-state index >= 15 is 0 Å². The van der Waals surface area contributed by atoms with Crippen LogP contribution in [0.1, 0.15) is 88.9 Å². The van der Waals surface area contributed by atoms with Crippen LogP contribution in [0.5, 0.6) is 11.5 Å². The summed E-state index contributed by atoms with van der Waals surface area (Å²) in [6.45, 7) is 9.98. The van der Waals surface area contributed by atoms with E-state index in [9.17, 15) is 0 Å². The molecule has 7 aliphatic rings. The van der Waals surface area contributed by atoms with Crippen molar-refractivity contribution in [2.75, 3.05) is 44.8 Å². The maximum atomic E-state index is 5.08. The van der Waals surface area contributed by atoms with E-state index in [1.807, 2.05) is 96.1 Å². The number of nitrogens with zero attached hydrogens (tertiary/aromatic N) is 3. The molecule has 0 spiro atoms. The Morgan fingerprint density at radius 1 is 0.393 bits per heavy atom. The number of para-hydroxylation sites is 6. The lowest BCUT2D eigenvalue weighted by Crippen LogP contribution is -2.23. The molecule has 0 saturated heterocycles. The first-order chi connectivity index (χ1) is 40.7. The lowest BCUT2D eigenvalue weighted by Gasteiger charge is -2.15. The summed E-state index contributed by atoms with van der Waals surface area (Å²) in [5.74, 6) is 1.69. The molecular formula is C68H85N13O2S. The van der Waals surface area contributed by atoms with Crippen LogP contribution in [-0.4, -0.2) is 79.4 Å². The van der Waals surface area contributed by atoms with Crippen molar-refractivity contribution in [3.05, 3.63) is 237 Å². The Bertz CT molecular complexity index is 3080. The summed E-state index contributed by atoms with van der Waals surface area (Å²) in [4.78, 5) is 29.7. The Kier molecular flexibility index (Phi) is 24.8. The van der Waals surface area contributed by atoms with Crippen LogP contribution in [0.15, 0.2) is 176 Å². The first-order valence-corrected chi connectivity index (χ1v) is 29.8. The Morgan fingerprint density at radius 3 is 1.75 bits per heavy atom. The minimum Gasteiger partial charge on any atom is -0.454 e. The first kappa shape index (κ1) is 61.8. The number of nitrogens with one attached hydrogen (secondary N) is 10. The third kappa shape index (κ3) is 18.4. The molecule has 0 bridgehead atoms. The summed E-state index contributed by atoms with van der Waals surface area (Å²) >= 11 is 1.81. The van der Waals surface area contributed by atoms with E-state index in [1.165, 1.54) is 123 Å². The van der Waals surface area contributed by atoms with Crippen LogP contribution >= 0.6 is 11.3 Å². The molecule has 0 amide bonds. The number of hydrogen-bond donors (Lipinski definition) is 10. The topological polar surface area (TPSA) is 196 Å². The second kappa shape index (κ2) is 33.8. The highest BCUT2D eigenvalue weighted by molar-refractivity contribution is 7.09. The average Bonchev–Trinajstić information content (AvgIpc) is 4.43. The number of ether oxygens (including phenoxy) is 2. The number of aromatic nitrogens is 8. The molecule has 0 saturated carbocycles. The Hall–Kier alpha value is -8.25. The smallest absolute Gasteiger partial charge is 0.231 e. The summed E-state index contributed by atoms with van der Waals surface area (Å²) in [7, 11) is 0. The molecule has 0 atom stereocenters. The fraction of sp³-hybridized carbons (Fsp3) is 0.309. The average molecular weight is 1150 g/mol. The number of aryl methyl sites for hydroxylation is 2. The van der Waals surface area contributed by atoms with Gasteiger partial charge in [-0.15, -0.1) is 11.3 Å². The predicted molar refractivity (Wildman–Crippen MR) is 346 cm³/mol. The number of imidazole rings is 2. The Labute approximate surface area is 499 Å². The van der Waals surface area contributed by atoms with E-state index in [0.29, 0.717) is 6.79 Å². The largest absolute Gasteiger partial charge is 0.454 e.